The predicted molar refractivity (Wildman–Crippen MR) is 45.0 cm³/mol. The Hall–Kier alpha value is -1.29. The first-order chi connectivity index (χ1) is 5.36. The molecule has 0 bridgehead atoms. The molecule has 2 nitrogen and oxygen atoms in total. The van der Waals surface area contributed by atoms with Crippen molar-refractivity contribution in [3.8, 4) is 17.9 Å². The van der Waals surface area contributed by atoms with E-state index in [0.717, 1.165) is 5.56 Å². The highest BCUT2D eigenvalue weighted by Gasteiger charge is 1.93. The Balaban J connectivity index is 2.83. The maximum atomic E-state index is 8.46. The third kappa shape index (κ3) is 2.09. The Morgan fingerprint density at radius 2 is 2.45 bits per heavy atom. The molecule has 0 atom stereocenters. The summed E-state index contributed by atoms with van der Waals surface area (Å²) >= 11 is 1.40. The molecular weight excluding hydrogens is 156 g/mol. The molecule has 0 spiro atoms. The maximum Gasteiger partial charge on any atom is 0.110 e. The van der Waals surface area contributed by atoms with E-state index in [1.54, 1.807) is 6.07 Å². The highest BCUT2D eigenvalue weighted by Crippen LogP contribution is 2.11. The van der Waals surface area contributed by atoms with Gasteiger partial charge in [-0.05, 0) is 6.07 Å². The van der Waals surface area contributed by atoms with Crippen molar-refractivity contribution in [3.05, 3.63) is 21.9 Å². The third-order valence-corrected chi connectivity index (χ3v) is 1.88. The Labute approximate surface area is 69.3 Å². The lowest BCUT2D eigenvalue weighted by molar-refractivity contribution is 1.30. The third-order valence-electron chi connectivity index (χ3n) is 1.04. The summed E-state index contributed by atoms with van der Waals surface area (Å²) in [5.74, 6) is 5.56. The van der Waals surface area contributed by atoms with Crippen LogP contribution in [0.4, 0.5) is 0 Å². The van der Waals surface area contributed by atoms with Gasteiger partial charge in [0.15, 0.2) is 0 Å². The van der Waals surface area contributed by atoms with Gasteiger partial charge in [0.2, 0.25) is 0 Å². The van der Waals surface area contributed by atoms with Gasteiger partial charge in [-0.2, -0.15) is 5.26 Å². The number of rotatable bonds is 0. The number of hydrogen-bond donors (Lipinski definition) is 1. The first-order valence-corrected chi connectivity index (χ1v) is 3.92. The lowest BCUT2D eigenvalue weighted by atomic mass is 10.3. The van der Waals surface area contributed by atoms with Crippen LogP contribution in [0.3, 0.4) is 0 Å². The van der Waals surface area contributed by atoms with Gasteiger partial charge >= 0.3 is 0 Å². The summed E-state index contributed by atoms with van der Waals surface area (Å²) in [7, 11) is 0. The smallest absolute Gasteiger partial charge is 0.110 e. The molecule has 1 aromatic rings. The molecule has 1 rings (SSSR count). The summed E-state index contributed by atoms with van der Waals surface area (Å²) in [5, 5.41) is 10.3. The van der Waals surface area contributed by atoms with Crippen molar-refractivity contribution in [1.82, 2.24) is 0 Å². The SMILES string of the molecule is N#Cc1cc(C#CCN)cs1. The fourth-order valence-corrected chi connectivity index (χ4v) is 1.24. The standard InChI is InChI=1S/C8H6N2S/c9-3-1-2-7-4-8(5-10)11-6-7/h4,6H,3,9H2. The molecule has 0 amide bonds. The van der Waals surface area contributed by atoms with Crippen molar-refractivity contribution >= 4 is 11.3 Å². The molecule has 0 unspecified atom stereocenters. The average molecular weight is 162 g/mol. The lowest BCUT2D eigenvalue weighted by Gasteiger charge is -1.73. The zero-order valence-electron chi connectivity index (χ0n) is 5.79. The van der Waals surface area contributed by atoms with E-state index >= 15 is 0 Å². The second kappa shape index (κ2) is 3.78. The molecule has 1 aromatic heterocycles. The first kappa shape index (κ1) is 7.81. The molecule has 3 heteroatoms. The minimum absolute atomic E-state index is 0.359. The van der Waals surface area contributed by atoms with Gasteiger partial charge in [0, 0.05) is 10.9 Å². The van der Waals surface area contributed by atoms with Crippen LogP contribution in [0.5, 0.6) is 0 Å². The molecule has 1 heterocycles. The predicted octanol–water partition coefficient (Wildman–Crippen LogP) is 0.930. The van der Waals surface area contributed by atoms with Gasteiger partial charge in [-0.3, -0.25) is 0 Å². The molecule has 0 radical (unpaired) electrons. The molecule has 0 aliphatic carbocycles. The minimum Gasteiger partial charge on any atom is -0.320 e. The van der Waals surface area contributed by atoms with Gasteiger partial charge in [0.1, 0.15) is 10.9 Å². The largest absolute Gasteiger partial charge is 0.320 e. The zero-order valence-corrected chi connectivity index (χ0v) is 6.61. The number of nitrogens with two attached hydrogens (primary N) is 1. The molecule has 2 N–H and O–H groups in total. The van der Waals surface area contributed by atoms with Crippen LogP contribution in [0.2, 0.25) is 0 Å². The van der Waals surface area contributed by atoms with E-state index in [2.05, 4.69) is 11.8 Å². The van der Waals surface area contributed by atoms with Crippen molar-refractivity contribution in [2.24, 2.45) is 5.73 Å². The molecule has 0 saturated carbocycles. The molecule has 0 aromatic carbocycles. The summed E-state index contributed by atoms with van der Waals surface area (Å²) in [6.45, 7) is 0.359. The fraction of sp³-hybridized carbons (Fsp3) is 0.125. The average Bonchev–Trinajstić information content (AvgIpc) is 2.48. The number of thiophene rings is 1. The van der Waals surface area contributed by atoms with Gasteiger partial charge in [-0.1, -0.05) is 11.8 Å². The van der Waals surface area contributed by atoms with E-state index in [1.807, 2.05) is 11.4 Å². The van der Waals surface area contributed by atoms with E-state index in [9.17, 15) is 0 Å². The highest BCUT2D eigenvalue weighted by atomic mass is 32.1. The van der Waals surface area contributed by atoms with Gasteiger partial charge in [0.05, 0.1) is 6.54 Å². The van der Waals surface area contributed by atoms with E-state index in [0.29, 0.717) is 11.4 Å². The molecule has 0 aliphatic rings. The highest BCUT2D eigenvalue weighted by molar-refractivity contribution is 7.10. The molecule has 0 aliphatic heterocycles. The van der Waals surface area contributed by atoms with Crippen LogP contribution in [0, 0.1) is 23.2 Å². The van der Waals surface area contributed by atoms with Crippen molar-refractivity contribution in [2.45, 2.75) is 0 Å². The Kier molecular flexibility index (Phi) is 2.68. The van der Waals surface area contributed by atoms with Crippen LogP contribution < -0.4 is 5.73 Å². The van der Waals surface area contributed by atoms with Crippen molar-refractivity contribution < 1.29 is 0 Å². The van der Waals surface area contributed by atoms with Crippen LogP contribution in [0.25, 0.3) is 0 Å². The van der Waals surface area contributed by atoms with Crippen LogP contribution >= 0.6 is 11.3 Å². The van der Waals surface area contributed by atoms with Crippen molar-refractivity contribution in [1.29, 1.82) is 5.26 Å². The van der Waals surface area contributed by atoms with Gasteiger partial charge in [-0.25, -0.2) is 0 Å². The van der Waals surface area contributed by atoms with Crippen molar-refractivity contribution in [2.75, 3.05) is 6.54 Å². The van der Waals surface area contributed by atoms with Crippen LogP contribution in [0.15, 0.2) is 11.4 Å². The number of nitrogens with zero attached hydrogens (tertiary/aromatic N) is 1. The van der Waals surface area contributed by atoms with Gasteiger partial charge < -0.3 is 5.73 Å². The van der Waals surface area contributed by atoms with E-state index in [1.165, 1.54) is 11.3 Å². The van der Waals surface area contributed by atoms with E-state index in [-0.39, 0.29) is 0 Å². The Morgan fingerprint density at radius 1 is 1.64 bits per heavy atom. The topological polar surface area (TPSA) is 49.8 Å². The Bertz CT molecular complexity index is 335. The van der Waals surface area contributed by atoms with E-state index < -0.39 is 0 Å². The second-order valence-corrected chi connectivity index (χ2v) is 2.73. The zero-order chi connectivity index (χ0) is 8.10. The molecule has 0 fully saturated rings. The van der Waals surface area contributed by atoms with Crippen LogP contribution in [0.1, 0.15) is 10.4 Å². The summed E-state index contributed by atoms with van der Waals surface area (Å²) in [6.07, 6.45) is 0. The summed E-state index contributed by atoms with van der Waals surface area (Å²) < 4.78 is 0. The maximum absolute atomic E-state index is 8.46. The molecule has 11 heavy (non-hydrogen) atoms. The molecule has 0 saturated heterocycles. The number of nitriles is 1. The quantitative estimate of drug-likeness (QED) is 0.577. The summed E-state index contributed by atoms with van der Waals surface area (Å²) in [6, 6.07) is 3.80. The van der Waals surface area contributed by atoms with Crippen LogP contribution in [-0.4, -0.2) is 6.54 Å². The van der Waals surface area contributed by atoms with Gasteiger partial charge in [-0.15, -0.1) is 11.3 Å². The Morgan fingerprint density at radius 3 is 3.00 bits per heavy atom. The minimum atomic E-state index is 0.359. The van der Waals surface area contributed by atoms with E-state index in [4.69, 9.17) is 11.0 Å². The van der Waals surface area contributed by atoms with Crippen molar-refractivity contribution in [3.63, 3.8) is 0 Å². The molecular formula is C8H6N2S. The normalized spacial score (nSPS) is 8.00. The number of hydrogen-bond acceptors (Lipinski definition) is 3. The molecule has 54 valence electrons. The van der Waals surface area contributed by atoms with Gasteiger partial charge in [0.25, 0.3) is 0 Å². The lowest BCUT2D eigenvalue weighted by Crippen LogP contribution is -1.92. The first-order valence-electron chi connectivity index (χ1n) is 3.04. The van der Waals surface area contributed by atoms with Crippen LogP contribution in [-0.2, 0) is 0 Å². The fourth-order valence-electron chi connectivity index (χ4n) is 0.614. The monoisotopic (exact) mass is 162 g/mol. The summed E-state index contributed by atoms with van der Waals surface area (Å²) in [5.41, 5.74) is 6.05. The second-order valence-electron chi connectivity index (χ2n) is 1.82. The summed E-state index contributed by atoms with van der Waals surface area (Å²) in [4.78, 5) is 0.686.